The van der Waals surface area contributed by atoms with Gasteiger partial charge >= 0.3 is 0 Å². The fourth-order valence-corrected chi connectivity index (χ4v) is 3.22. The molecule has 116 valence electrons. The van der Waals surface area contributed by atoms with Gasteiger partial charge in [0.25, 0.3) is 0 Å². The van der Waals surface area contributed by atoms with E-state index in [1.165, 1.54) is 16.7 Å². The molecule has 4 rings (SSSR count). The summed E-state index contributed by atoms with van der Waals surface area (Å²) in [4.78, 5) is 0. The maximum absolute atomic E-state index is 5.28. The molecule has 2 aliphatic heterocycles. The van der Waals surface area contributed by atoms with E-state index in [2.05, 4.69) is 65.5 Å². The first kappa shape index (κ1) is 13.9. The molecule has 1 aromatic carbocycles. The zero-order valence-corrected chi connectivity index (χ0v) is 13.5. The summed E-state index contributed by atoms with van der Waals surface area (Å²) >= 11 is 0. The van der Waals surface area contributed by atoms with E-state index in [0.29, 0.717) is 0 Å². The van der Waals surface area contributed by atoms with Crippen molar-refractivity contribution in [3.05, 3.63) is 76.6 Å². The summed E-state index contributed by atoms with van der Waals surface area (Å²) in [7, 11) is 0. The number of nitrogens with one attached hydrogen (secondary N) is 2. The zero-order chi connectivity index (χ0) is 16.0. The molecule has 0 spiro atoms. The van der Waals surface area contributed by atoms with Crippen molar-refractivity contribution >= 4 is 11.1 Å². The molecule has 2 N–H and O–H groups in total. The van der Waals surface area contributed by atoms with Crippen LogP contribution in [0.2, 0.25) is 0 Å². The van der Waals surface area contributed by atoms with Crippen molar-refractivity contribution in [2.24, 2.45) is 0 Å². The maximum Gasteiger partial charge on any atom is 0.141 e. The highest BCUT2D eigenvalue weighted by atomic mass is 16.5. The van der Waals surface area contributed by atoms with Gasteiger partial charge in [-0.15, -0.1) is 0 Å². The number of benzene rings is 1. The van der Waals surface area contributed by atoms with E-state index in [1.807, 2.05) is 13.8 Å². The molecular formula is C19H19N3O. The zero-order valence-electron chi connectivity index (χ0n) is 13.5. The summed E-state index contributed by atoms with van der Waals surface area (Å²) < 4.78 is 5.28. The van der Waals surface area contributed by atoms with Crippen LogP contribution in [0.3, 0.4) is 0 Å². The smallest absolute Gasteiger partial charge is 0.141 e. The molecule has 0 aliphatic carbocycles. The fraction of sp³-hybridized carbons (Fsp3) is 0.211. The maximum atomic E-state index is 5.28. The van der Waals surface area contributed by atoms with Crippen LogP contribution < -0.4 is 10.6 Å². The minimum Gasteiger partial charge on any atom is -0.378 e. The van der Waals surface area contributed by atoms with Crippen LogP contribution in [0, 0.1) is 20.8 Å². The third kappa shape index (κ3) is 2.27. The Morgan fingerprint density at radius 3 is 2.52 bits per heavy atom. The van der Waals surface area contributed by atoms with Gasteiger partial charge in [-0.05, 0) is 32.4 Å². The second-order valence-corrected chi connectivity index (χ2v) is 6.11. The van der Waals surface area contributed by atoms with Crippen molar-refractivity contribution in [3.8, 4) is 0 Å². The molecule has 4 nitrogen and oxygen atoms in total. The van der Waals surface area contributed by atoms with E-state index in [4.69, 9.17) is 4.52 Å². The Morgan fingerprint density at radius 1 is 1.04 bits per heavy atom. The second kappa shape index (κ2) is 5.16. The molecule has 2 aliphatic rings. The Hall–Kier alpha value is -2.75. The van der Waals surface area contributed by atoms with E-state index in [9.17, 15) is 0 Å². The molecule has 4 heteroatoms. The van der Waals surface area contributed by atoms with E-state index < -0.39 is 0 Å². The van der Waals surface area contributed by atoms with Gasteiger partial charge in [0.05, 0.1) is 11.7 Å². The van der Waals surface area contributed by atoms with Crippen LogP contribution in [0.1, 0.15) is 28.1 Å². The molecule has 0 saturated carbocycles. The van der Waals surface area contributed by atoms with Crippen molar-refractivity contribution in [2.45, 2.75) is 26.8 Å². The lowest BCUT2D eigenvalue weighted by atomic mass is 9.94. The fourth-order valence-electron chi connectivity index (χ4n) is 3.22. The number of dihydropyridines is 1. The summed E-state index contributed by atoms with van der Waals surface area (Å²) in [6.07, 6.45) is 6.30. The quantitative estimate of drug-likeness (QED) is 0.892. The van der Waals surface area contributed by atoms with Crippen molar-refractivity contribution in [1.29, 1.82) is 0 Å². The van der Waals surface area contributed by atoms with Gasteiger partial charge in [-0.2, -0.15) is 0 Å². The predicted octanol–water partition coefficient (Wildman–Crippen LogP) is 3.44. The van der Waals surface area contributed by atoms with Crippen LogP contribution in [0.15, 0.2) is 53.0 Å². The summed E-state index contributed by atoms with van der Waals surface area (Å²) in [6, 6.07) is 8.79. The third-order valence-electron chi connectivity index (χ3n) is 4.44. The number of nitrogens with zero attached hydrogens (tertiary/aromatic N) is 1. The largest absolute Gasteiger partial charge is 0.378 e. The van der Waals surface area contributed by atoms with Gasteiger partial charge < -0.3 is 15.2 Å². The summed E-state index contributed by atoms with van der Waals surface area (Å²) in [5.41, 5.74) is 7.98. The van der Waals surface area contributed by atoms with Gasteiger partial charge in [-0.25, -0.2) is 0 Å². The first-order chi connectivity index (χ1) is 11.1. The SMILES string of the molecule is Cc1ccc(C2=CNC3=CC(c4c(C)noc4C)=CNC32)cc1. The van der Waals surface area contributed by atoms with Gasteiger partial charge in [0.1, 0.15) is 5.76 Å². The molecular weight excluding hydrogens is 286 g/mol. The van der Waals surface area contributed by atoms with Crippen molar-refractivity contribution < 1.29 is 4.52 Å². The number of aryl methyl sites for hydroxylation is 3. The third-order valence-corrected chi connectivity index (χ3v) is 4.44. The number of fused-ring (bicyclic) bond motifs is 1. The lowest BCUT2D eigenvalue weighted by molar-refractivity contribution is 0.393. The van der Waals surface area contributed by atoms with Crippen molar-refractivity contribution in [3.63, 3.8) is 0 Å². The van der Waals surface area contributed by atoms with E-state index in [-0.39, 0.29) is 6.04 Å². The molecule has 0 bridgehead atoms. The van der Waals surface area contributed by atoms with E-state index in [1.54, 1.807) is 0 Å². The van der Waals surface area contributed by atoms with Crippen LogP contribution in [-0.4, -0.2) is 11.2 Å². The molecule has 2 aromatic rings. The van der Waals surface area contributed by atoms with Crippen LogP contribution in [0.25, 0.3) is 11.1 Å². The highest BCUT2D eigenvalue weighted by Gasteiger charge is 2.28. The van der Waals surface area contributed by atoms with Crippen LogP contribution in [0.4, 0.5) is 0 Å². The van der Waals surface area contributed by atoms with Crippen molar-refractivity contribution in [1.82, 2.24) is 15.8 Å². The first-order valence-electron chi connectivity index (χ1n) is 7.78. The van der Waals surface area contributed by atoms with Gasteiger partial charge in [0.2, 0.25) is 0 Å². The average molecular weight is 305 g/mol. The molecule has 1 atom stereocenters. The minimum atomic E-state index is 0.168. The molecule has 23 heavy (non-hydrogen) atoms. The highest BCUT2D eigenvalue weighted by molar-refractivity contribution is 5.83. The molecule has 1 aromatic heterocycles. The molecule has 0 fully saturated rings. The Morgan fingerprint density at radius 2 is 1.83 bits per heavy atom. The minimum absolute atomic E-state index is 0.168. The molecule has 1 unspecified atom stereocenters. The molecule has 0 amide bonds. The van der Waals surface area contributed by atoms with Gasteiger partial charge in [-0.1, -0.05) is 35.0 Å². The van der Waals surface area contributed by atoms with Crippen molar-refractivity contribution in [2.75, 3.05) is 0 Å². The number of hydrogen-bond donors (Lipinski definition) is 2. The van der Waals surface area contributed by atoms with Crippen LogP contribution in [0.5, 0.6) is 0 Å². The van der Waals surface area contributed by atoms with Crippen LogP contribution >= 0.6 is 0 Å². The first-order valence-corrected chi connectivity index (χ1v) is 7.78. The number of aromatic nitrogens is 1. The molecule has 3 heterocycles. The monoisotopic (exact) mass is 305 g/mol. The van der Waals surface area contributed by atoms with E-state index >= 15 is 0 Å². The Bertz CT molecular complexity index is 834. The normalized spacial score (nSPS) is 19.3. The van der Waals surface area contributed by atoms with Gasteiger partial charge in [0.15, 0.2) is 0 Å². The Kier molecular flexibility index (Phi) is 3.11. The molecule has 0 radical (unpaired) electrons. The molecule has 0 saturated heterocycles. The summed E-state index contributed by atoms with van der Waals surface area (Å²) in [6.45, 7) is 6.02. The highest BCUT2D eigenvalue weighted by Crippen LogP contribution is 2.33. The standard InChI is InChI=1S/C19H19N3O/c1-11-4-6-14(7-5-11)16-10-20-17-8-15(9-21-19(16)17)18-12(2)22-23-13(18)3/h4-10,19-21H,1-3H3. The second-order valence-electron chi connectivity index (χ2n) is 6.11. The topological polar surface area (TPSA) is 50.1 Å². The van der Waals surface area contributed by atoms with Gasteiger partial charge in [-0.3, -0.25) is 0 Å². The lowest BCUT2D eigenvalue weighted by Gasteiger charge is -2.22. The summed E-state index contributed by atoms with van der Waals surface area (Å²) in [5.74, 6) is 0.843. The predicted molar refractivity (Wildman–Crippen MR) is 91.3 cm³/mol. The average Bonchev–Trinajstić information content (AvgIpc) is 3.11. The number of rotatable bonds is 2. The van der Waals surface area contributed by atoms with Gasteiger partial charge in [0, 0.05) is 34.8 Å². The Balaban J connectivity index is 1.64. The summed E-state index contributed by atoms with van der Waals surface area (Å²) in [5, 5.41) is 10.9. The van der Waals surface area contributed by atoms with Crippen LogP contribution in [-0.2, 0) is 0 Å². The Labute approximate surface area is 135 Å². The van der Waals surface area contributed by atoms with E-state index in [0.717, 1.165) is 28.3 Å². The number of hydrogen-bond acceptors (Lipinski definition) is 4. The number of allylic oxidation sites excluding steroid dienone is 2. The lowest BCUT2D eigenvalue weighted by Crippen LogP contribution is -2.30.